The van der Waals surface area contributed by atoms with Gasteiger partial charge in [-0.25, -0.2) is 4.79 Å². The number of methoxy groups -OCH3 is 1. The highest BCUT2D eigenvalue weighted by Crippen LogP contribution is 2.16. The van der Waals surface area contributed by atoms with Crippen LogP contribution in [0.15, 0.2) is 17.2 Å². The lowest BCUT2D eigenvalue weighted by molar-refractivity contribution is 0.0596. The van der Waals surface area contributed by atoms with Crippen molar-refractivity contribution in [3.63, 3.8) is 0 Å². The van der Waals surface area contributed by atoms with Gasteiger partial charge in [-0.05, 0) is 6.07 Å². The molecule has 6 heteroatoms. The van der Waals surface area contributed by atoms with E-state index in [9.17, 15) is 4.79 Å². The molecule has 0 aliphatic rings. The summed E-state index contributed by atoms with van der Waals surface area (Å²) >= 11 is 4.12. The lowest BCUT2D eigenvalue weighted by atomic mass is 10.3. The summed E-state index contributed by atoms with van der Waals surface area (Å²) in [5, 5.41) is 6.49. The van der Waals surface area contributed by atoms with Gasteiger partial charge in [0.15, 0.2) is 5.69 Å². The molecule has 0 aromatic carbocycles. The van der Waals surface area contributed by atoms with Crippen molar-refractivity contribution in [2.45, 2.75) is 4.90 Å². The normalized spacial score (nSPS) is 10.4. The number of aromatic amines is 1. The molecule has 0 radical (unpaired) electrons. The quantitative estimate of drug-likeness (QED) is 0.543. The third kappa shape index (κ3) is 1.33. The molecule has 0 bridgehead atoms. The van der Waals surface area contributed by atoms with Gasteiger partial charge >= 0.3 is 5.97 Å². The molecule has 14 heavy (non-hydrogen) atoms. The molecule has 0 unspecified atom stereocenters. The number of nitrogens with one attached hydrogen (secondary N) is 1. The van der Waals surface area contributed by atoms with Gasteiger partial charge in [-0.15, -0.1) is 12.6 Å². The van der Waals surface area contributed by atoms with Gasteiger partial charge in [0.1, 0.15) is 5.52 Å². The molecule has 2 aromatic heterocycles. The summed E-state index contributed by atoms with van der Waals surface area (Å²) in [5.41, 5.74) is 1.35. The Bertz CT molecular complexity index is 494. The van der Waals surface area contributed by atoms with E-state index in [4.69, 9.17) is 0 Å². The van der Waals surface area contributed by atoms with Crippen LogP contribution in [0.4, 0.5) is 0 Å². The van der Waals surface area contributed by atoms with Gasteiger partial charge in [0.2, 0.25) is 0 Å². The first kappa shape index (κ1) is 9.01. The van der Waals surface area contributed by atoms with Crippen LogP contribution >= 0.6 is 12.6 Å². The van der Waals surface area contributed by atoms with E-state index in [2.05, 4.69) is 32.5 Å². The Hall–Kier alpha value is -1.56. The predicted molar refractivity (Wildman–Crippen MR) is 52.5 cm³/mol. The van der Waals surface area contributed by atoms with Gasteiger partial charge in [-0.1, -0.05) is 0 Å². The van der Waals surface area contributed by atoms with Crippen LogP contribution < -0.4 is 0 Å². The van der Waals surface area contributed by atoms with Gasteiger partial charge in [0.25, 0.3) is 0 Å². The van der Waals surface area contributed by atoms with Crippen LogP contribution in [-0.4, -0.2) is 28.3 Å². The number of thiol groups is 1. The van der Waals surface area contributed by atoms with Crippen molar-refractivity contribution in [2.24, 2.45) is 0 Å². The molecule has 0 aliphatic heterocycles. The number of pyridine rings is 1. The maximum absolute atomic E-state index is 11.2. The minimum atomic E-state index is -0.504. The molecule has 0 amide bonds. The van der Waals surface area contributed by atoms with Gasteiger partial charge < -0.3 is 4.74 Å². The highest BCUT2D eigenvalue weighted by molar-refractivity contribution is 7.80. The van der Waals surface area contributed by atoms with Crippen molar-refractivity contribution >= 4 is 29.6 Å². The summed E-state index contributed by atoms with van der Waals surface area (Å²) in [4.78, 5) is 16.0. The molecule has 2 aromatic rings. The number of aromatic nitrogens is 3. The summed E-state index contributed by atoms with van der Waals surface area (Å²) in [6, 6.07) is 1.74. The number of nitrogens with zero attached hydrogens (tertiary/aromatic N) is 2. The van der Waals surface area contributed by atoms with Crippen molar-refractivity contribution in [3.05, 3.63) is 18.0 Å². The zero-order chi connectivity index (χ0) is 10.1. The number of hydrogen-bond acceptors (Lipinski definition) is 5. The lowest BCUT2D eigenvalue weighted by Gasteiger charge is -1.94. The first-order chi connectivity index (χ1) is 6.72. The van der Waals surface area contributed by atoms with Crippen LogP contribution in [0.1, 0.15) is 10.5 Å². The van der Waals surface area contributed by atoms with E-state index >= 15 is 0 Å². The van der Waals surface area contributed by atoms with E-state index in [1.54, 1.807) is 12.3 Å². The van der Waals surface area contributed by atoms with E-state index in [1.807, 2.05) is 0 Å². The number of fused-ring (bicyclic) bond motifs is 1. The molecular formula is C8H7N3O2S. The monoisotopic (exact) mass is 209 g/mol. The smallest absolute Gasteiger partial charge is 0.360 e. The second-order valence-electron chi connectivity index (χ2n) is 2.65. The highest BCUT2D eigenvalue weighted by Gasteiger charge is 2.15. The fourth-order valence-electron chi connectivity index (χ4n) is 1.14. The SMILES string of the molecule is COC(=O)c1n[nH]c2cc(S)cnc12. The third-order valence-electron chi connectivity index (χ3n) is 1.76. The Morgan fingerprint density at radius 2 is 2.43 bits per heavy atom. The van der Waals surface area contributed by atoms with Crippen LogP contribution in [0.2, 0.25) is 0 Å². The molecule has 1 N–H and O–H groups in total. The minimum absolute atomic E-state index is 0.191. The van der Waals surface area contributed by atoms with Gasteiger partial charge in [-0.3, -0.25) is 10.1 Å². The predicted octanol–water partition coefficient (Wildman–Crippen LogP) is 1.03. The summed E-state index contributed by atoms with van der Waals surface area (Å²) in [7, 11) is 1.30. The maximum Gasteiger partial charge on any atom is 0.360 e. The molecule has 0 spiro atoms. The summed E-state index contributed by atoms with van der Waals surface area (Å²) < 4.78 is 4.55. The molecule has 0 aliphatic carbocycles. The van der Waals surface area contributed by atoms with Crippen LogP contribution in [0.25, 0.3) is 11.0 Å². The van der Waals surface area contributed by atoms with Crippen molar-refractivity contribution in [3.8, 4) is 0 Å². The number of carbonyl (C=O) groups is 1. The molecule has 2 rings (SSSR count). The van der Waals surface area contributed by atoms with E-state index in [0.717, 1.165) is 0 Å². The van der Waals surface area contributed by atoms with Crippen LogP contribution in [0, 0.1) is 0 Å². The van der Waals surface area contributed by atoms with Gasteiger partial charge in [-0.2, -0.15) is 5.10 Å². The average Bonchev–Trinajstić information content (AvgIpc) is 2.59. The molecule has 72 valence electrons. The Balaban J connectivity index is 2.64. The van der Waals surface area contributed by atoms with Crippen molar-refractivity contribution in [1.82, 2.24) is 15.2 Å². The van der Waals surface area contributed by atoms with Crippen molar-refractivity contribution in [1.29, 1.82) is 0 Å². The third-order valence-corrected chi connectivity index (χ3v) is 2.01. The molecule has 0 saturated carbocycles. The minimum Gasteiger partial charge on any atom is -0.464 e. The summed E-state index contributed by atoms with van der Waals surface area (Å²) in [5.74, 6) is -0.504. The van der Waals surface area contributed by atoms with Gasteiger partial charge in [0.05, 0.1) is 12.6 Å². The van der Waals surface area contributed by atoms with E-state index in [1.165, 1.54) is 7.11 Å². The van der Waals surface area contributed by atoms with Crippen molar-refractivity contribution < 1.29 is 9.53 Å². The molecule has 0 fully saturated rings. The average molecular weight is 209 g/mol. The van der Waals surface area contributed by atoms with E-state index in [0.29, 0.717) is 15.9 Å². The largest absolute Gasteiger partial charge is 0.464 e. The van der Waals surface area contributed by atoms with Gasteiger partial charge in [0, 0.05) is 11.1 Å². The molecular weight excluding hydrogens is 202 g/mol. The van der Waals surface area contributed by atoms with Crippen LogP contribution in [0.3, 0.4) is 0 Å². The second kappa shape index (κ2) is 3.30. The maximum atomic E-state index is 11.2. The zero-order valence-electron chi connectivity index (χ0n) is 7.31. The van der Waals surface area contributed by atoms with Crippen LogP contribution in [-0.2, 0) is 4.74 Å². The second-order valence-corrected chi connectivity index (χ2v) is 3.17. The van der Waals surface area contributed by atoms with Crippen molar-refractivity contribution in [2.75, 3.05) is 7.11 Å². The zero-order valence-corrected chi connectivity index (χ0v) is 8.21. The molecule has 5 nitrogen and oxygen atoms in total. The number of H-pyrrole nitrogens is 1. The highest BCUT2D eigenvalue weighted by atomic mass is 32.1. The summed E-state index contributed by atoms with van der Waals surface area (Å²) in [6.45, 7) is 0. The number of esters is 1. The Morgan fingerprint density at radius 1 is 1.64 bits per heavy atom. The topological polar surface area (TPSA) is 67.9 Å². The van der Waals surface area contributed by atoms with Crippen LogP contribution in [0.5, 0.6) is 0 Å². The molecule has 2 heterocycles. The summed E-state index contributed by atoms with van der Waals surface area (Å²) in [6.07, 6.45) is 1.55. The first-order valence-electron chi connectivity index (χ1n) is 3.84. The lowest BCUT2D eigenvalue weighted by Crippen LogP contribution is -2.02. The Labute approximate surface area is 84.9 Å². The molecule has 0 atom stereocenters. The number of rotatable bonds is 1. The first-order valence-corrected chi connectivity index (χ1v) is 4.28. The number of hydrogen-bond donors (Lipinski definition) is 2. The number of ether oxygens (including phenoxy) is 1. The fourth-order valence-corrected chi connectivity index (χ4v) is 1.32. The Kier molecular flexibility index (Phi) is 2.12. The molecule has 0 saturated heterocycles. The van der Waals surface area contributed by atoms with E-state index in [-0.39, 0.29) is 5.69 Å². The fraction of sp³-hybridized carbons (Fsp3) is 0.125. The van der Waals surface area contributed by atoms with E-state index < -0.39 is 5.97 Å². The Morgan fingerprint density at radius 3 is 3.14 bits per heavy atom. The standard InChI is InChI=1S/C8H7N3O2S/c1-13-8(12)7-6-5(10-11-7)2-4(14)3-9-6/h2-3,14H,1H3,(H,10,11). The number of carbonyl (C=O) groups excluding carboxylic acids is 1.